The van der Waals surface area contributed by atoms with E-state index < -0.39 is 23.1 Å². The lowest BCUT2D eigenvalue weighted by Gasteiger charge is -2.35. The molecule has 40 heavy (non-hydrogen) atoms. The average molecular weight is 544 g/mol. The van der Waals surface area contributed by atoms with E-state index in [2.05, 4.69) is 11.5 Å². The van der Waals surface area contributed by atoms with Crippen LogP contribution in [0.5, 0.6) is 5.75 Å². The number of nitrogens with zero attached hydrogens (tertiary/aromatic N) is 3. The van der Waals surface area contributed by atoms with Crippen LogP contribution in [-0.4, -0.2) is 84.5 Å². The molecule has 2 aromatic rings. The van der Waals surface area contributed by atoms with Gasteiger partial charge in [0.15, 0.2) is 5.54 Å². The number of Topliss-reactive ketones (excluding diaryl/α,β-unsaturated/α-hetero) is 1. The maximum atomic E-state index is 14.5. The average Bonchev–Trinajstić information content (AvgIpc) is 3.53. The summed E-state index contributed by atoms with van der Waals surface area (Å²) in [7, 11) is 0. The van der Waals surface area contributed by atoms with Crippen molar-refractivity contribution in [1.82, 2.24) is 9.80 Å². The van der Waals surface area contributed by atoms with E-state index in [1.165, 1.54) is 9.80 Å². The molecular weight excluding hydrogens is 510 g/mol. The van der Waals surface area contributed by atoms with Gasteiger partial charge in [-0.2, -0.15) is 0 Å². The topological polar surface area (TPSA) is 99.6 Å². The minimum Gasteiger partial charge on any atom is -0.507 e. The lowest BCUT2D eigenvalue weighted by atomic mass is 9.81. The number of carbonyl (C=O) groups excluding carboxylic acids is 3. The van der Waals surface area contributed by atoms with Crippen molar-refractivity contribution in [3.8, 4) is 5.75 Å². The van der Waals surface area contributed by atoms with Crippen LogP contribution >= 0.6 is 0 Å². The SMILES string of the molecule is C=CCN1C(=O)[C@]2(C(=C(O)c3ccc4c(c3)C[C@H](C)O4)C(=O)C(=O)N2CCCN2CCOCC2)c2ccccc21. The molecule has 9 nitrogen and oxygen atoms in total. The predicted octanol–water partition coefficient (Wildman–Crippen LogP) is 2.84. The zero-order valence-electron chi connectivity index (χ0n) is 22.6. The summed E-state index contributed by atoms with van der Waals surface area (Å²) in [5, 5.41) is 11.8. The Bertz CT molecular complexity index is 1430. The minimum atomic E-state index is -1.77. The first-order chi connectivity index (χ1) is 19.4. The maximum Gasteiger partial charge on any atom is 0.296 e. The third kappa shape index (κ3) is 3.95. The summed E-state index contributed by atoms with van der Waals surface area (Å²) in [6.45, 7) is 9.72. The number of anilines is 1. The van der Waals surface area contributed by atoms with E-state index in [0.717, 1.165) is 24.4 Å². The van der Waals surface area contributed by atoms with Gasteiger partial charge in [-0.3, -0.25) is 19.3 Å². The van der Waals surface area contributed by atoms with Crippen LogP contribution in [0.2, 0.25) is 0 Å². The van der Waals surface area contributed by atoms with Gasteiger partial charge < -0.3 is 24.4 Å². The number of amides is 2. The molecule has 2 atom stereocenters. The summed E-state index contributed by atoms with van der Waals surface area (Å²) in [4.78, 5) is 47.2. The number of ketones is 1. The minimum absolute atomic E-state index is 0.00113. The second-order valence-electron chi connectivity index (χ2n) is 10.7. The zero-order valence-corrected chi connectivity index (χ0v) is 22.6. The van der Waals surface area contributed by atoms with Crippen LogP contribution in [0, 0.1) is 0 Å². The maximum absolute atomic E-state index is 14.5. The molecule has 4 aliphatic rings. The number of hydrogen-bond acceptors (Lipinski definition) is 7. The Hall–Kier alpha value is -3.95. The van der Waals surface area contributed by atoms with Gasteiger partial charge >= 0.3 is 0 Å². The summed E-state index contributed by atoms with van der Waals surface area (Å²) in [6.07, 6.45) is 2.82. The van der Waals surface area contributed by atoms with Crippen molar-refractivity contribution < 1.29 is 29.0 Å². The van der Waals surface area contributed by atoms with Crippen LogP contribution in [0.15, 0.2) is 60.7 Å². The molecule has 0 bridgehead atoms. The summed E-state index contributed by atoms with van der Waals surface area (Å²) in [5.41, 5.74) is 0.402. The fourth-order valence-electron chi connectivity index (χ4n) is 6.47. The van der Waals surface area contributed by atoms with Gasteiger partial charge in [0, 0.05) is 50.3 Å². The Morgan fingerprint density at radius 2 is 1.90 bits per heavy atom. The van der Waals surface area contributed by atoms with Crippen LogP contribution in [0.3, 0.4) is 0 Å². The highest BCUT2D eigenvalue weighted by molar-refractivity contribution is 6.50. The van der Waals surface area contributed by atoms with Crippen molar-refractivity contribution in [2.45, 2.75) is 31.4 Å². The van der Waals surface area contributed by atoms with Crippen LogP contribution in [0.25, 0.3) is 5.76 Å². The third-order valence-electron chi connectivity index (χ3n) is 8.25. The first-order valence-corrected chi connectivity index (χ1v) is 13.8. The van der Waals surface area contributed by atoms with Crippen molar-refractivity contribution in [2.24, 2.45) is 0 Å². The molecule has 0 aliphatic carbocycles. The third-order valence-corrected chi connectivity index (χ3v) is 8.25. The van der Waals surface area contributed by atoms with E-state index in [0.29, 0.717) is 49.4 Å². The van der Waals surface area contributed by atoms with Gasteiger partial charge in [0.25, 0.3) is 17.6 Å². The number of morpholine rings is 1. The number of hydrogen-bond donors (Lipinski definition) is 1. The highest BCUT2D eigenvalue weighted by Gasteiger charge is 2.66. The molecule has 6 rings (SSSR count). The summed E-state index contributed by atoms with van der Waals surface area (Å²) < 4.78 is 11.2. The number of fused-ring (bicyclic) bond motifs is 3. The van der Waals surface area contributed by atoms with E-state index in [9.17, 15) is 19.5 Å². The molecule has 2 aromatic carbocycles. The summed E-state index contributed by atoms with van der Waals surface area (Å²) in [5.74, 6) is -1.73. The number of rotatable bonds is 7. The number of benzene rings is 2. The van der Waals surface area contributed by atoms with Gasteiger partial charge in [-0.05, 0) is 43.2 Å². The molecular formula is C31H33N3O6. The summed E-state index contributed by atoms with van der Waals surface area (Å²) in [6, 6.07) is 12.4. The molecule has 1 N–H and O–H groups in total. The van der Waals surface area contributed by atoms with Crippen molar-refractivity contribution in [2.75, 3.05) is 50.8 Å². The lowest BCUT2D eigenvalue weighted by molar-refractivity contribution is -0.143. The number of likely N-dealkylation sites (tertiary alicyclic amines) is 1. The Morgan fingerprint density at radius 1 is 1.12 bits per heavy atom. The molecule has 0 unspecified atom stereocenters. The number of aliphatic hydroxyl groups excluding tert-OH is 1. The zero-order chi connectivity index (χ0) is 28.0. The standard InChI is InChI=1S/C31H33N3O6/c1-3-11-33-24-8-5-4-7-23(24)31(30(33)38)26(27(35)21-9-10-25-22(19-21)18-20(2)40-25)28(36)29(37)34(31)13-6-12-32-14-16-39-17-15-32/h3-5,7-10,19-20,35H,1,6,11-18H2,2H3/t20-,31+/m0/s1. The second-order valence-corrected chi connectivity index (χ2v) is 10.7. The van der Waals surface area contributed by atoms with Crippen molar-refractivity contribution >= 4 is 29.0 Å². The van der Waals surface area contributed by atoms with Gasteiger partial charge in [0.2, 0.25) is 0 Å². The molecule has 0 radical (unpaired) electrons. The Kier molecular flexibility index (Phi) is 6.72. The Balaban J connectivity index is 1.48. The van der Waals surface area contributed by atoms with Gasteiger partial charge in [-0.1, -0.05) is 24.3 Å². The molecule has 2 amide bonds. The fourth-order valence-corrected chi connectivity index (χ4v) is 6.47. The first kappa shape index (κ1) is 26.3. The first-order valence-electron chi connectivity index (χ1n) is 13.8. The van der Waals surface area contributed by atoms with Gasteiger partial charge in [-0.15, -0.1) is 6.58 Å². The van der Waals surface area contributed by atoms with Crippen LogP contribution in [0.1, 0.15) is 30.0 Å². The van der Waals surface area contributed by atoms with Gasteiger partial charge in [-0.25, -0.2) is 0 Å². The molecule has 208 valence electrons. The summed E-state index contributed by atoms with van der Waals surface area (Å²) >= 11 is 0. The van der Waals surface area contributed by atoms with Crippen LogP contribution < -0.4 is 9.64 Å². The van der Waals surface area contributed by atoms with E-state index in [-0.39, 0.29) is 30.5 Å². The lowest BCUT2D eigenvalue weighted by Crippen LogP contribution is -2.52. The number of carbonyl (C=O) groups is 3. The van der Waals surface area contributed by atoms with Crippen molar-refractivity contribution in [3.05, 3.63) is 77.4 Å². The Morgan fingerprint density at radius 3 is 2.67 bits per heavy atom. The molecule has 2 fully saturated rings. The van der Waals surface area contributed by atoms with Gasteiger partial charge in [0.1, 0.15) is 17.6 Å². The number of para-hydroxylation sites is 1. The van der Waals surface area contributed by atoms with Gasteiger partial charge in [0.05, 0.1) is 24.5 Å². The van der Waals surface area contributed by atoms with Crippen LogP contribution in [0.4, 0.5) is 5.69 Å². The number of aliphatic hydroxyl groups is 1. The molecule has 4 heterocycles. The molecule has 9 heteroatoms. The quantitative estimate of drug-likeness (QED) is 0.248. The fraction of sp³-hybridized carbons (Fsp3) is 0.387. The molecule has 2 saturated heterocycles. The second kappa shape index (κ2) is 10.2. The predicted molar refractivity (Wildman–Crippen MR) is 149 cm³/mol. The van der Waals surface area contributed by atoms with Crippen LogP contribution in [-0.2, 0) is 31.1 Å². The Labute approximate surface area is 233 Å². The molecule has 0 aromatic heterocycles. The normalized spacial score (nSPS) is 25.4. The number of ether oxygens (including phenoxy) is 2. The highest BCUT2D eigenvalue weighted by atomic mass is 16.5. The molecule has 1 spiro atoms. The highest BCUT2D eigenvalue weighted by Crippen LogP contribution is 2.53. The van der Waals surface area contributed by atoms with E-state index in [4.69, 9.17) is 9.47 Å². The van der Waals surface area contributed by atoms with E-state index >= 15 is 0 Å². The molecule has 4 aliphatic heterocycles. The van der Waals surface area contributed by atoms with Crippen molar-refractivity contribution in [3.63, 3.8) is 0 Å². The van der Waals surface area contributed by atoms with E-state index in [1.54, 1.807) is 42.5 Å². The smallest absolute Gasteiger partial charge is 0.296 e. The molecule has 0 saturated carbocycles. The van der Waals surface area contributed by atoms with Crippen molar-refractivity contribution in [1.29, 1.82) is 0 Å². The van der Waals surface area contributed by atoms with E-state index in [1.807, 2.05) is 13.0 Å². The largest absolute Gasteiger partial charge is 0.507 e. The monoisotopic (exact) mass is 543 g/mol.